The fraction of sp³-hybridized carbons (Fsp3) is 0.565. The van der Waals surface area contributed by atoms with Crippen molar-refractivity contribution in [2.45, 2.75) is 32.0 Å². The highest BCUT2D eigenvalue weighted by Crippen LogP contribution is 2.13. The minimum Gasteiger partial charge on any atom is -0.447 e. The molecule has 0 spiro atoms. The standard InChI is InChI=1S/C23H31FN4O4/c24-19-4-1-3-18(13-19)15-28(7-6-27-8-11-30-12-9-27)16-22-26-21(17-32-22)23(29)25-14-20-5-2-10-31-20/h1,3-4,13,17,20H,2,5-12,14-16H2,(H,25,29). The average Bonchev–Trinajstić information content (AvgIpc) is 3.49. The van der Waals surface area contributed by atoms with Crippen molar-refractivity contribution in [2.24, 2.45) is 0 Å². The van der Waals surface area contributed by atoms with Gasteiger partial charge in [-0.1, -0.05) is 12.1 Å². The highest BCUT2D eigenvalue weighted by molar-refractivity contribution is 5.91. The van der Waals surface area contributed by atoms with Crippen molar-refractivity contribution in [3.8, 4) is 0 Å². The zero-order chi connectivity index (χ0) is 22.2. The van der Waals surface area contributed by atoms with E-state index in [0.717, 1.165) is 64.4 Å². The Hall–Kier alpha value is -2.33. The third kappa shape index (κ3) is 6.83. The highest BCUT2D eigenvalue weighted by Gasteiger charge is 2.20. The lowest BCUT2D eigenvalue weighted by Crippen LogP contribution is -2.41. The number of ether oxygens (including phenoxy) is 2. The van der Waals surface area contributed by atoms with Crippen LogP contribution in [0.1, 0.15) is 34.8 Å². The van der Waals surface area contributed by atoms with Gasteiger partial charge in [-0.15, -0.1) is 0 Å². The van der Waals surface area contributed by atoms with Crippen molar-refractivity contribution in [1.82, 2.24) is 20.1 Å². The predicted molar refractivity (Wildman–Crippen MR) is 116 cm³/mol. The number of nitrogens with one attached hydrogen (secondary N) is 1. The Labute approximate surface area is 187 Å². The van der Waals surface area contributed by atoms with Crippen LogP contribution in [0.3, 0.4) is 0 Å². The Morgan fingerprint density at radius 1 is 1.25 bits per heavy atom. The average molecular weight is 447 g/mol. The molecule has 1 unspecified atom stereocenters. The maximum absolute atomic E-state index is 13.7. The molecule has 0 aliphatic carbocycles. The zero-order valence-corrected chi connectivity index (χ0v) is 18.3. The van der Waals surface area contributed by atoms with Gasteiger partial charge in [0.25, 0.3) is 5.91 Å². The molecular formula is C23H31FN4O4. The summed E-state index contributed by atoms with van der Waals surface area (Å²) in [6.07, 6.45) is 3.46. The second-order valence-electron chi connectivity index (χ2n) is 8.27. The van der Waals surface area contributed by atoms with Crippen LogP contribution < -0.4 is 5.32 Å². The van der Waals surface area contributed by atoms with Crippen LogP contribution in [-0.2, 0) is 22.6 Å². The van der Waals surface area contributed by atoms with Gasteiger partial charge < -0.3 is 19.2 Å². The molecule has 1 aromatic carbocycles. The second-order valence-corrected chi connectivity index (χ2v) is 8.27. The summed E-state index contributed by atoms with van der Waals surface area (Å²) in [7, 11) is 0. The first-order valence-electron chi connectivity index (χ1n) is 11.3. The Bertz CT molecular complexity index is 865. The number of hydrogen-bond acceptors (Lipinski definition) is 7. The first-order valence-corrected chi connectivity index (χ1v) is 11.3. The van der Waals surface area contributed by atoms with Crippen LogP contribution in [0.4, 0.5) is 4.39 Å². The van der Waals surface area contributed by atoms with Crippen molar-refractivity contribution in [2.75, 3.05) is 52.5 Å². The second kappa shape index (κ2) is 11.5. The van der Waals surface area contributed by atoms with Gasteiger partial charge in [0.05, 0.1) is 25.9 Å². The first kappa shape index (κ1) is 22.8. The molecule has 174 valence electrons. The molecule has 1 amide bonds. The van der Waals surface area contributed by atoms with Crippen LogP contribution >= 0.6 is 0 Å². The molecule has 2 aliphatic heterocycles. The number of hydrogen-bond donors (Lipinski definition) is 1. The Kier molecular flexibility index (Phi) is 8.22. The number of aromatic nitrogens is 1. The number of carbonyl (C=O) groups is 1. The van der Waals surface area contributed by atoms with Gasteiger partial charge >= 0.3 is 0 Å². The molecule has 0 saturated carbocycles. The maximum atomic E-state index is 13.7. The fourth-order valence-corrected chi connectivity index (χ4v) is 4.00. The quantitative estimate of drug-likeness (QED) is 0.598. The summed E-state index contributed by atoms with van der Waals surface area (Å²) in [4.78, 5) is 21.3. The van der Waals surface area contributed by atoms with Crippen LogP contribution in [0, 0.1) is 5.82 Å². The summed E-state index contributed by atoms with van der Waals surface area (Å²) in [6, 6.07) is 6.61. The molecule has 2 aliphatic rings. The summed E-state index contributed by atoms with van der Waals surface area (Å²) in [6.45, 7) is 7.15. The van der Waals surface area contributed by atoms with E-state index >= 15 is 0 Å². The zero-order valence-electron chi connectivity index (χ0n) is 18.3. The van der Waals surface area contributed by atoms with E-state index in [2.05, 4.69) is 20.1 Å². The minimum atomic E-state index is -0.263. The van der Waals surface area contributed by atoms with Crippen LogP contribution in [0.2, 0.25) is 0 Å². The Balaban J connectivity index is 1.35. The van der Waals surface area contributed by atoms with Crippen molar-refractivity contribution in [3.05, 3.63) is 53.5 Å². The van der Waals surface area contributed by atoms with Crippen molar-refractivity contribution in [1.29, 1.82) is 0 Å². The van der Waals surface area contributed by atoms with Gasteiger partial charge in [0.1, 0.15) is 12.1 Å². The lowest BCUT2D eigenvalue weighted by atomic mass is 10.2. The van der Waals surface area contributed by atoms with Crippen molar-refractivity contribution in [3.63, 3.8) is 0 Å². The molecule has 2 aromatic rings. The number of oxazole rings is 1. The van der Waals surface area contributed by atoms with E-state index in [1.54, 1.807) is 12.1 Å². The van der Waals surface area contributed by atoms with Gasteiger partial charge in [0.15, 0.2) is 5.69 Å². The largest absolute Gasteiger partial charge is 0.447 e. The molecule has 2 saturated heterocycles. The smallest absolute Gasteiger partial charge is 0.273 e. The lowest BCUT2D eigenvalue weighted by molar-refractivity contribution is 0.0320. The van der Waals surface area contributed by atoms with E-state index in [0.29, 0.717) is 25.5 Å². The van der Waals surface area contributed by atoms with E-state index < -0.39 is 0 Å². The molecule has 1 aromatic heterocycles. The fourth-order valence-electron chi connectivity index (χ4n) is 4.00. The van der Waals surface area contributed by atoms with Crippen LogP contribution in [0.25, 0.3) is 0 Å². The number of nitrogens with zero attached hydrogens (tertiary/aromatic N) is 3. The van der Waals surface area contributed by atoms with E-state index in [9.17, 15) is 9.18 Å². The SMILES string of the molecule is O=C(NCC1CCCO1)c1coc(CN(CCN2CCOCC2)Cc2cccc(F)c2)n1. The van der Waals surface area contributed by atoms with Crippen LogP contribution in [0.15, 0.2) is 34.9 Å². The summed E-state index contributed by atoms with van der Waals surface area (Å²) in [5.74, 6) is -0.0527. The number of carbonyl (C=O) groups excluding carboxylic acids is 1. The van der Waals surface area contributed by atoms with Gasteiger partial charge in [0, 0.05) is 45.9 Å². The summed E-state index contributed by atoms with van der Waals surface area (Å²) in [5, 5.41) is 2.86. The predicted octanol–water partition coefficient (Wildman–Crippen LogP) is 2.06. The lowest BCUT2D eigenvalue weighted by Gasteiger charge is -2.29. The summed E-state index contributed by atoms with van der Waals surface area (Å²) < 4.78 is 30.2. The molecule has 3 heterocycles. The van der Waals surface area contributed by atoms with E-state index in [1.165, 1.54) is 12.3 Å². The van der Waals surface area contributed by atoms with E-state index in [1.807, 2.05) is 6.07 Å². The number of benzene rings is 1. The van der Waals surface area contributed by atoms with E-state index in [4.69, 9.17) is 13.9 Å². The topological polar surface area (TPSA) is 80.1 Å². The molecular weight excluding hydrogens is 415 g/mol. The number of morpholine rings is 1. The molecule has 0 bridgehead atoms. The number of amides is 1. The molecule has 0 radical (unpaired) electrons. The van der Waals surface area contributed by atoms with Gasteiger partial charge in [-0.2, -0.15) is 0 Å². The molecule has 4 rings (SSSR count). The van der Waals surface area contributed by atoms with Crippen LogP contribution in [-0.4, -0.2) is 79.3 Å². The third-order valence-corrected chi connectivity index (χ3v) is 5.79. The van der Waals surface area contributed by atoms with Gasteiger partial charge in [-0.05, 0) is 30.5 Å². The molecule has 8 nitrogen and oxygen atoms in total. The molecule has 1 N–H and O–H groups in total. The van der Waals surface area contributed by atoms with Crippen molar-refractivity contribution < 1.29 is 23.1 Å². The first-order chi connectivity index (χ1) is 15.7. The van der Waals surface area contributed by atoms with Gasteiger partial charge in [-0.3, -0.25) is 14.6 Å². The Morgan fingerprint density at radius 3 is 2.91 bits per heavy atom. The molecule has 9 heteroatoms. The molecule has 2 fully saturated rings. The molecule has 32 heavy (non-hydrogen) atoms. The Morgan fingerprint density at radius 2 is 2.12 bits per heavy atom. The van der Waals surface area contributed by atoms with E-state index in [-0.39, 0.29) is 23.5 Å². The minimum absolute atomic E-state index is 0.0762. The number of rotatable bonds is 10. The van der Waals surface area contributed by atoms with Crippen molar-refractivity contribution >= 4 is 5.91 Å². The normalized spacial score (nSPS) is 19.5. The third-order valence-electron chi connectivity index (χ3n) is 5.79. The summed E-state index contributed by atoms with van der Waals surface area (Å²) >= 11 is 0. The van der Waals surface area contributed by atoms with Gasteiger partial charge in [0.2, 0.25) is 5.89 Å². The highest BCUT2D eigenvalue weighted by atomic mass is 19.1. The summed E-state index contributed by atoms with van der Waals surface area (Å²) in [5.41, 5.74) is 1.14. The number of halogens is 1. The van der Waals surface area contributed by atoms with Crippen LogP contribution in [0.5, 0.6) is 0 Å². The van der Waals surface area contributed by atoms with Gasteiger partial charge in [-0.25, -0.2) is 9.37 Å². The monoisotopic (exact) mass is 446 g/mol. The maximum Gasteiger partial charge on any atom is 0.273 e. The molecule has 1 atom stereocenters.